The molecule has 38 heavy (non-hydrogen) atoms. The molecule has 4 aromatic rings. The van der Waals surface area contributed by atoms with E-state index < -0.39 is 0 Å². The lowest BCUT2D eigenvalue weighted by Gasteiger charge is -2.37. The van der Waals surface area contributed by atoms with Gasteiger partial charge in [-0.15, -0.1) is 0 Å². The highest BCUT2D eigenvalue weighted by Crippen LogP contribution is 2.30. The van der Waals surface area contributed by atoms with Crippen LogP contribution in [0.2, 0.25) is 0 Å². The Morgan fingerprint density at radius 2 is 1.61 bits per heavy atom. The summed E-state index contributed by atoms with van der Waals surface area (Å²) in [6.45, 7) is 9.29. The van der Waals surface area contributed by atoms with E-state index in [1.807, 2.05) is 48.0 Å². The minimum Gasteiger partial charge on any atom is -0.352 e. The highest BCUT2D eigenvalue weighted by Gasteiger charge is 2.29. The van der Waals surface area contributed by atoms with Crippen LogP contribution in [0.25, 0.3) is 16.7 Å². The molecular formula is C31H38N6O. The Labute approximate surface area is 225 Å². The molecule has 1 aliphatic heterocycles. The van der Waals surface area contributed by atoms with Crippen LogP contribution in [0, 0.1) is 12.8 Å². The normalized spacial score (nSPS) is 14.7. The molecule has 1 aliphatic rings. The molecule has 2 aromatic carbocycles. The van der Waals surface area contributed by atoms with E-state index in [1.54, 1.807) is 0 Å². The van der Waals surface area contributed by atoms with Crippen molar-refractivity contribution in [2.75, 3.05) is 31.1 Å². The maximum absolute atomic E-state index is 13.2. The number of aryl methyl sites for hydroxylation is 1. The second-order valence-electron chi connectivity index (χ2n) is 10.2. The zero-order valence-corrected chi connectivity index (χ0v) is 22.8. The number of carbonyl (C=O) groups excluding carboxylic acids is 1. The number of amides is 1. The van der Waals surface area contributed by atoms with Crippen molar-refractivity contribution in [1.82, 2.24) is 24.6 Å². The van der Waals surface area contributed by atoms with Gasteiger partial charge in [0.15, 0.2) is 5.65 Å². The van der Waals surface area contributed by atoms with E-state index in [1.165, 1.54) is 5.56 Å². The number of aromatic nitrogens is 4. The quantitative estimate of drug-likeness (QED) is 0.294. The van der Waals surface area contributed by atoms with Crippen LogP contribution < -0.4 is 4.90 Å². The van der Waals surface area contributed by atoms with Gasteiger partial charge in [0.1, 0.15) is 11.6 Å². The van der Waals surface area contributed by atoms with Crippen molar-refractivity contribution in [3.05, 3.63) is 77.7 Å². The average Bonchev–Trinajstić information content (AvgIpc) is 3.30. The first-order chi connectivity index (χ1) is 18.6. The molecule has 1 atom stereocenters. The molecule has 7 nitrogen and oxygen atoms in total. The van der Waals surface area contributed by atoms with Crippen molar-refractivity contribution in [2.45, 2.75) is 52.9 Å². The van der Waals surface area contributed by atoms with Crippen molar-refractivity contribution >= 4 is 22.8 Å². The largest absolute Gasteiger partial charge is 0.352 e. The Morgan fingerprint density at radius 1 is 0.921 bits per heavy atom. The van der Waals surface area contributed by atoms with Crippen LogP contribution in [-0.2, 0) is 11.2 Å². The Bertz CT molecular complexity index is 1360. The summed E-state index contributed by atoms with van der Waals surface area (Å²) in [6.07, 6.45) is 4.78. The summed E-state index contributed by atoms with van der Waals surface area (Å²) in [5.41, 5.74) is 3.89. The molecule has 0 radical (unpaired) electrons. The number of benzene rings is 2. The van der Waals surface area contributed by atoms with E-state index >= 15 is 0 Å². The van der Waals surface area contributed by atoms with Gasteiger partial charge in [-0.25, -0.2) is 14.6 Å². The number of rotatable bonds is 9. The van der Waals surface area contributed by atoms with Gasteiger partial charge in [0.25, 0.3) is 0 Å². The fourth-order valence-electron chi connectivity index (χ4n) is 5.39. The van der Waals surface area contributed by atoms with Crippen LogP contribution in [0.3, 0.4) is 0 Å². The van der Waals surface area contributed by atoms with Crippen LogP contribution >= 0.6 is 0 Å². The predicted molar refractivity (Wildman–Crippen MR) is 153 cm³/mol. The zero-order valence-electron chi connectivity index (χ0n) is 22.8. The molecule has 5 rings (SSSR count). The third-order valence-corrected chi connectivity index (χ3v) is 7.57. The lowest BCUT2D eigenvalue weighted by Crippen LogP contribution is -2.50. The first-order valence-corrected chi connectivity index (χ1v) is 14.0. The van der Waals surface area contributed by atoms with Gasteiger partial charge in [0.05, 0.1) is 16.8 Å². The van der Waals surface area contributed by atoms with Crippen molar-refractivity contribution in [1.29, 1.82) is 0 Å². The number of hydrogen-bond donors (Lipinski definition) is 0. The molecule has 1 amide bonds. The Morgan fingerprint density at radius 3 is 2.26 bits per heavy atom. The molecule has 198 valence electrons. The molecule has 1 saturated heterocycles. The average molecular weight is 511 g/mol. The van der Waals surface area contributed by atoms with Crippen molar-refractivity contribution in [2.24, 2.45) is 5.92 Å². The number of nitrogens with zero attached hydrogens (tertiary/aromatic N) is 6. The van der Waals surface area contributed by atoms with E-state index in [9.17, 15) is 4.79 Å². The van der Waals surface area contributed by atoms with Gasteiger partial charge in [-0.3, -0.25) is 4.79 Å². The molecule has 0 bridgehead atoms. The van der Waals surface area contributed by atoms with Crippen molar-refractivity contribution < 1.29 is 4.79 Å². The van der Waals surface area contributed by atoms with Crippen LogP contribution in [0.15, 0.2) is 60.7 Å². The highest BCUT2D eigenvalue weighted by molar-refractivity contribution is 5.91. The molecule has 1 unspecified atom stereocenters. The third kappa shape index (κ3) is 5.42. The first-order valence-electron chi connectivity index (χ1n) is 14.0. The van der Waals surface area contributed by atoms with Gasteiger partial charge < -0.3 is 9.80 Å². The second-order valence-corrected chi connectivity index (χ2v) is 10.2. The van der Waals surface area contributed by atoms with Crippen molar-refractivity contribution in [3.8, 4) is 5.69 Å². The summed E-state index contributed by atoms with van der Waals surface area (Å²) in [5.74, 6) is 2.15. The van der Waals surface area contributed by atoms with E-state index in [2.05, 4.69) is 47.9 Å². The zero-order chi connectivity index (χ0) is 26.5. The maximum Gasteiger partial charge on any atom is 0.225 e. The lowest BCUT2D eigenvalue weighted by atomic mass is 9.97. The molecule has 1 fully saturated rings. The van der Waals surface area contributed by atoms with Crippen molar-refractivity contribution in [3.63, 3.8) is 0 Å². The minimum absolute atomic E-state index is 0.135. The highest BCUT2D eigenvalue weighted by atomic mass is 16.2. The van der Waals surface area contributed by atoms with Gasteiger partial charge in [0, 0.05) is 38.5 Å². The Hall–Kier alpha value is -3.74. The predicted octanol–water partition coefficient (Wildman–Crippen LogP) is 5.58. The van der Waals surface area contributed by atoms with Gasteiger partial charge >= 0.3 is 0 Å². The van der Waals surface area contributed by atoms with E-state index in [0.717, 1.165) is 72.8 Å². The number of hydrogen-bond acceptors (Lipinski definition) is 5. The van der Waals surface area contributed by atoms with E-state index in [0.29, 0.717) is 25.4 Å². The number of anilines is 1. The SMILES string of the molecule is CCCCC(CC)C(=O)N1CCN(c2nc(Cc3ccccc3)nc3c2c(C)nn3-c2ccccc2)CC1. The fraction of sp³-hybridized carbons (Fsp3) is 0.419. The van der Waals surface area contributed by atoms with Crippen LogP contribution in [0.5, 0.6) is 0 Å². The monoisotopic (exact) mass is 510 g/mol. The second kappa shape index (κ2) is 11.8. The van der Waals surface area contributed by atoms with Gasteiger partial charge in [-0.05, 0) is 37.5 Å². The number of fused-ring (bicyclic) bond motifs is 1. The number of carbonyl (C=O) groups is 1. The summed E-state index contributed by atoms with van der Waals surface area (Å²) in [4.78, 5) is 27.7. The van der Waals surface area contributed by atoms with Crippen LogP contribution in [0.4, 0.5) is 5.82 Å². The molecule has 3 heterocycles. The van der Waals surface area contributed by atoms with Crippen LogP contribution in [-0.4, -0.2) is 56.7 Å². The summed E-state index contributed by atoms with van der Waals surface area (Å²) < 4.78 is 1.93. The molecule has 2 aromatic heterocycles. The summed E-state index contributed by atoms with van der Waals surface area (Å²) >= 11 is 0. The molecule has 7 heteroatoms. The maximum atomic E-state index is 13.2. The first kappa shape index (κ1) is 25.9. The van der Waals surface area contributed by atoms with Gasteiger partial charge in [-0.2, -0.15) is 5.10 Å². The summed E-state index contributed by atoms with van der Waals surface area (Å²) in [5, 5.41) is 5.88. The molecule has 0 spiro atoms. The van der Waals surface area contributed by atoms with Crippen LogP contribution in [0.1, 0.15) is 56.6 Å². The number of unbranched alkanes of at least 4 members (excludes halogenated alkanes) is 1. The van der Waals surface area contributed by atoms with Gasteiger partial charge in [0.2, 0.25) is 5.91 Å². The molecule has 0 aliphatic carbocycles. The Kier molecular flexibility index (Phi) is 8.01. The Balaban J connectivity index is 1.47. The minimum atomic E-state index is 0.135. The lowest BCUT2D eigenvalue weighted by molar-refractivity contribution is -0.136. The third-order valence-electron chi connectivity index (χ3n) is 7.57. The molecule has 0 N–H and O–H groups in total. The fourth-order valence-corrected chi connectivity index (χ4v) is 5.39. The summed E-state index contributed by atoms with van der Waals surface area (Å²) in [7, 11) is 0. The van der Waals surface area contributed by atoms with E-state index in [-0.39, 0.29) is 5.92 Å². The van der Waals surface area contributed by atoms with Gasteiger partial charge in [-0.1, -0.05) is 75.2 Å². The number of para-hydroxylation sites is 1. The van der Waals surface area contributed by atoms with E-state index in [4.69, 9.17) is 15.1 Å². The standard InChI is InChI=1S/C31H38N6O/c1-4-6-15-25(5-2)31(38)36-20-18-35(19-21-36)29-28-23(3)34-37(26-16-11-8-12-17-26)30(28)33-27(32-29)22-24-13-9-7-10-14-24/h7-14,16-17,25H,4-6,15,18-22H2,1-3H3. The molecular weight excluding hydrogens is 472 g/mol. The molecule has 0 saturated carbocycles. The smallest absolute Gasteiger partial charge is 0.225 e. The summed E-state index contributed by atoms with van der Waals surface area (Å²) in [6, 6.07) is 20.5. The number of piperazine rings is 1. The topological polar surface area (TPSA) is 67.2 Å².